The van der Waals surface area contributed by atoms with Gasteiger partial charge >= 0.3 is 20.1 Å². The van der Waals surface area contributed by atoms with Gasteiger partial charge in [-0.25, -0.2) is 9.18 Å². The lowest BCUT2D eigenvalue weighted by molar-refractivity contribution is -0.168. The maximum Gasteiger partial charge on any atom is 0.512 e. The van der Waals surface area contributed by atoms with Crippen LogP contribution >= 0.6 is 8.03 Å². The molecule has 9 heteroatoms. The van der Waals surface area contributed by atoms with E-state index in [1.54, 1.807) is 13.8 Å². The molecule has 1 aliphatic rings. The Bertz CT molecular complexity index is 484. The smallest absolute Gasteiger partial charge is 0.425 e. The van der Waals surface area contributed by atoms with E-state index in [1.807, 2.05) is 0 Å². The average molecular weight is 394 g/mol. The van der Waals surface area contributed by atoms with E-state index in [-0.39, 0.29) is 24.8 Å². The van der Waals surface area contributed by atoms with Gasteiger partial charge in [0, 0.05) is 25.8 Å². The molecule has 0 aromatic rings. The van der Waals surface area contributed by atoms with E-state index < -0.39 is 38.2 Å². The summed E-state index contributed by atoms with van der Waals surface area (Å²) in [5.74, 6) is -0.917. The maximum atomic E-state index is 14.5. The summed E-state index contributed by atoms with van der Waals surface area (Å²) in [7, 11) is -2.61. The molecule has 0 saturated heterocycles. The normalized spacial score (nSPS) is 19.4. The van der Waals surface area contributed by atoms with Crippen LogP contribution in [0.1, 0.15) is 59.3 Å². The summed E-state index contributed by atoms with van der Waals surface area (Å²) in [6.45, 7) is 4.70. The number of ether oxygens (including phenoxy) is 2. The van der Waals surface area contributed by atoms with Crippen LogP contribution in [0.4, 0.5) is 9.18 Å². The second-order valence-corrected chi connectivity index (χ2v) is 8.19. The van der Waals surface area contributed by atoms with Crippen LogP contribution in [0.25, 0.3) is 0 Å². The second kappa shape index (κ2) is 11.4. The highest BCUT2D eigenvalue weighted by Crippen LogP contribution is 2.41. The highest BCUT2D eigenvalue weighted by Gasteiger charge is 2.44. The van der Waals surface area contributed by atoms with Crippen LogP contribution in [-0.2, 0) is 18.8 Å². The zero-order valence-electron chi connectivity index (χ0n) is 15.7. The lowest BCUT2D eigenvalue weighted by Crippen LogP contribution is -2.35. The molecule has 1 aliphatic carbocycles. The van der Waals surface area contributed by atoms with E-state index in [0.717, 1.165) is 32.1 Å². The monoisotopic (exact) mass is 394 g/mol. The number of alkyl carbamates (subject to hydrolysis) is 1. The average Bonchev–Trinajstić information content (AvgIpc) is 2.55. The Morgan fingerprint density at radius 1 is 1.19 bits per heavy atom. The van der Waals surface area contributed by atoms with Crippen molar-refractivity contribution in [3.05, 3.63) is 0 Å². The van der Waals surface area contributed by atoms with Gasteiger partial charge in [-0.05, 0) is 17.4 Å². The molecule has 150 valence electrons. The molecule has 0 aromatic heterocycles. The first-order valence-corrected chi connectivity index (χ1v) is 10.4. The molecule has 1 rings (SSSR count). The van der Waals surface area contributed by atoms with Crippen molar-refractivity contribution >= 4 is 20.1 Å². The van der Waals surface area contributed by atoms with Gasteiger partial charge < -0.3 is 14.8 Å². The van der Waals surface area contributed by atoms with E-state index in [4.69, 9.17) is 9.47 Å². The molecule has 7 nitrogen and oxygen atoms in total. The highest BCUT2D eigenvalue weighted by molar-refractivity contribution is 7.39. The number of halogens is 1. The number of carbonyl (C=O) groups is 2. The van der Waals surface area contributed by atoms with E-state index in [9.17, 15) is 23.4 Å². The molecule has 0 bridgehead atoms. The number of esters is 1. The molecular formula is C17H30FNO6P+. The molecule has 0 aromatic carbocycles. The Hall–Kier alpha value is -1.27. The standard InChI is InChI=1S/C17H29FNO6P/c1-11(2)16(20)24-12(3)25-17(21)19-10-9-14(18)15(26(22)23)13-7-5-4-6-8-13/h11-15H,4-10H2,1-3H3,(H-,19,21,22,23)/p+1/t12-,14-,15-/m1/s1. The number of alkyl halides is 1. The quantitative estimate of drug-likeness (QED) is 0.351. The van der Waals surface area contributed by atoms with E-state index in [1.165, 1.54) is 6.92 Å². The first kappa shape index (κ1) is 22.8. The molecule has 0 spiro atoms. The molecule has 0 aliphatic heterocycles. The van der Waals surface area contributed by atoms with Crippen molar-refractivity contribution in [1.82, 2.24) is 5.32 Å². The minimum absolute atomic E-state index is 0.0305. The van der Waals surface area contributed by atoms with Crippen LogP contribution in [0.2, 0.25) is 0 Å². The molecular weight excluding hydrogens is 364 g/mol. The van der Waals surface area contributed by atoms with Crippen LogP contribution in [0.15, 0.2) is 0 Å². The van der Waals surface area contributed by atoms with Crippen molar-refractivity contribution < 1.29 is 32.9 Å². The van der Waals surface area contributed by atoms with Gasteiger partial charge in [0.2, 0.25) is 11.9 Å². The Morgan fingerprint density at radius 2 is 1.81 bits per heavy atom. The van der Waals surface area contributed by atoms with Crippen LogP contribution in [-0.4, -0.2) is 41.6 Å². The van der Waals surface area contributed by atoms with Gasteiger partial charge in [0.15, 0.2) is 6.17 Å². The number of hydrogen-bond donors (Lipinski definition) is 2. The van der Waals surface area contributed by atoms with Gasteiger partial charge in [-0.2, -0.15) is 4.89 Å². The van der Waals surface area contributed by atoms with Gasteiger partial charge in [0.05, 0.1) is 5.92 Å². The SMILES string of the molecule is CC(C)C(=O)O[C@@H](C)OC(=O)NCC[C@@H](F)[C@@H](C1CCCCC1)[P+](=O)O. The van der Waals surface area contributed by atoms with E-state index >= 15 is 0 Å². The summed E-state index contributed by atoms with van der Waals surface area (Å²) in [5.41, 5.74) is -0.894. The third-order valence-electron chi connectivity index (χ3n) is 4.47. The van der Waals surface area contributed by atoms with Gasteiger partial charge in [-0.15, -0.1) is 0 Å². The molecule has 1 unspecified atom stereocenters. The molecule has 1 amide bonds. The first-order chi connectivity index (χ1) is 12.2. The van der Waals surface area contributed by atoms with Crippen molar-refractivity contribution in [2.45, 2.75) is 77.4 Å². The van der Waals surface area contributed by atoms with Gasteiger partial charge in [0.1, 0.15) is 0 Å². The fourth-order valence-electron chi connectivity index (χ4n) is 3.09. The zero-order chi connectivity index (χ0) is 19.7. The van der Waals surface area contributed by atoms with Crippen LogP contribution < -0.4 is 5.32 Å². The number of carbonyl (C=O) groups excluding carboxylic acids is 2. The van der Waals surface area contributed by atoms with E-state index in [2.05, 4.69) is 5.32 Å². The van der Waals surface area contributed by atoms with E-state index in [0.29, 0.717) is 0 Å². The van der Waals surface area contributed by atoms with Crippen LogP contribution in [0.5, 0.6) is 0 Å². The molecule has 1 fully saturated rings. The largest absolute Gasteiger partial charge is 0.512 e. The van der Waals surface area contributed by atoms with Crippen molar-refractivity contribution in [3.63, 3.8) is 0 Å². The topological polar surface area (TPSA) is 102 Å². The number of amides is 1. The summed E-state index contributed by atoms with van der Waals surface area (Å²) in [5, 5.41) is 2.37. The summed E-state index contributed by atoms with van der Waals surface area (Å²) in [6.07, 6.45) is 1.10. The zero-order valence-corrected chi connectivity index (χ0v) is 16.5. The number of hydrogen-bond acceptors (Lipinski definition) is 5. The number of rotatable bonds is 9. The fraction of sp³-hybridized carbons (Fsp3) is 0.882. The third kappa shape index (κ3) is 7.96. The molecule has 4 atom stereocenters. The van der Waals surface area contributed by atoms with Gasteiger partial charge in [-0.3, -0.25) is 4.79 Å². The molecule has 0 radical (unpaired) electrons. The number of nitrogens with one attached hydrogen (secondary N) is 1. The highest BCUT2D eigenvalue weighted by atomic mass is 31.1. The van der Waals surface area contributed by atoms with Crippen LogP contribution in [0, 0.1) is 11.8 Å². The lowest BCUT2D eigenvalue weighted by Gasteiger charge is -2.24. The fourth-order valence-corrected chi connectivity index (χ4v) is 4.17. The Morgan fingerprint density at radius 3 is 2.35 bits per heavy atom. The van der Waals surface area contributed by atoms with Crippen molar-refractivity contribution in [1.29, 1.82) is 0 Å². The minimum Gasteiger partial charge on any atom is -0.425 e. The van der Waals surface area contributed by atoms with Crippen LogP contribution in [0.3, 0.4) is 0 Å². The third-order valence-corrected chi connectivity index (χ3v) is 5.73. The Labute approximate surface area is 154 Å². The minimum atomic E-state index is -2.61. The molecule has 1 saturated carbocycles. The summed E-state index contributed by atoms with van der Waals surface area (Å²) < 4.78 is 35.8. The maximum absolute atomic E-state index is 14.5. The Kier molecular flexibility index (Phi) is 10.0. The Balaban J connectivity index is 2.36. The molecule has 26 heavy (non-hydrogen) atoms. The second-order valence-electron chi connectivity index (χ2n) is 6.99. The molecule has 2 N–H and O–H groups in total. The first-order valence-electron chi connectivity index (χ1n) is 9.16. The summed E-state index contributed by atoms with van der Waals surface area (Å²) in [6, 6.07) is 0. The summed E-state index contributed by atoms with van der Waals surface area (Å²) >= 11 is 0. The van der Waals surface area contributed by atoms with Gasteiger partial charge in [0.25, 0.3) is 0 Å². The van der Waals surface area contributed by atoms with Gasteiger partial charge in [-0.1, -0.05) is 33.1 Å². The lowest BCUT2D eigenvalue weighted by atomic mass is 9.85. The predicted molar refractivity (Wildman–Crippen MR) is 94.6 cm³/mol. The van der Waals surface area contributed by atoms with Crippen molar-refractivity contribution in [3.8, 4) is 0 Å². The predicted octanol–water partition coefficient (Wildman–Crippen LogP) is 3.67. The molecule has 0 heterocycles. The van der Waals surface area contributed by atoms with Crippen molar-refractivity contribution in [2.75, 3.05) is 6.54 Å². The van der Waals surface area contributed by atoms with Crippen molar-refractivity contribution in [2.24, 2.45) is 11.8 Å². The summed E-state index contributed by atoms with van der Waals surface area (Å²) in [4.78, 5) is 32.5.